The fraction of sp³-hybridized carbons (Fsp3) is 0.727. The lowest BCUT2D eigenvalue weighted by molar-refractivity contribution is -0.147. The fourth-order valence-corrected chi connectivity index (χ4v) is 1.95. The number of aliphatic hydroxyl groups is 1. The number of aliphatic hydroxyl groups excluding tert-OH is 1. The highest BCUT2D eigenvalue weighted by Crippen LogP contribution is 2.15. The van der Waals surface area contributed by atoms with Crippen LogP contribution in [0.4, 0.5) is 0 Å². The van der Waals surface area contributed by atoms with Crippen LogP contribution < -0.4 is 0 Å². The Morgan fingerprint density at radius 3 is 3.00 bits per heavy atom. The molecule has 2 heterocycles. The van der Waals surface area contributed by atoms with E-state index in [-0.39, 0.29) is 30.5 Å². The lowest BCUT2D eigenvalue weighted by atomic mass is 10.2. The van der Waals surface area contributed by atoms with Gasteiger partial charge in [0.05, 0.1) is 18.8 Å². The van der Waals surface area contributed by atoms with Gasteiger partial charge in [-0.05, 0) is 6.92 Å². The van der Waals surface area contributed by atoms with Crippen molar-refractivity contribution in [2.24, 2.45) is 0 Å². The molecule has 0 aromatic rings. The molecular weight excluding hydrogens is 226 g/mol. The Bertz CT molecular complexity index is 317. The van der Waals surface area contributed by atoms with Gasteiger partial charge in [-0.25, -0.2) is 0 Å². The minimum atomic E-state index is -0.326. The second-order valence-electron chi connectivity index (χ2n) is 4.16. The number of hydrogen-bond acceptors (Lipinski definition) is 5. The van der Waals surface area contributed by atoms with Crippen LogP contribution >= 0.6 is 0 Å². The van der Waals surface area contributed by atoms with Crippen molar-refractivity contribution < 1.29 is 24.1 Å². The summed E-state index contributed by atoms with van der Waals surface area (Å²) in [6, 6.07) is 0. The number of amides is 1. The van der Waals surface area contributed by atoms with Crippen LogP contribution in [-0.4, -0.2) is 61.0 Å². The standard InChI is InChI=1S/C11H17NO5/c1-8-4-12(5-9(6-13)17-8)11(14)10-7-15-2-3-16-10/h7-9,13H,2-6H2,1H3. The summed E-state index contributed by atoms with van der Waals surface area (Å²) < 4.78 is 15.8. The summed E-state index contributed by atoms with van der Waals surface area (Å²) in [5.74, 6) is 0.0142. The molecule has 0 radical (unpaired) electrons. The molecule has 2 atom stereocenters. The molecule has 96 valence electrons. The minimum absolute atomic E-state index is 0.0880. The predicted molar refractivity (Wildman–Crippen MR) is 58.0 cm³/mol. The van der Waals surface area contributed by atoms with Crippen molar-refractivity contribution >= 4 is 5.91 Å². The molecule has 2 rings (SSSR count). The van der Waals surface area contributed by atoms with Gasteiger partial charge >= 0.3 is 0 Å². The topological polar surface area (TPSA) is 68.2 Å². The Balaban J connectivity index is 2.00. The van der Waals surface area contributed by atoms with E-state index in [1.807, 2.05) is 6.92 Å². The molecule has 6 heteroatoms. The lowest BCUT2D eigenvalue weighted by Gasteiger charge is -2.36. The van der Waals surface area contributed by atoms with E-state index in [0.717, 1.165) is 0 Å². The molecule has 0 aliphatic carbocycles. The first-order valence-electron chi connectivity index (χ1n) is 5.71. The van der Waals surface area contributed by atoms with Crippen molar-refractivity contribution in [2.45, 2.75) is 19.1 Å². The van der Waals surface area contributed by atoms with Crippen LogP contribution in [0.5, 0.6) is 0 Å². The molecule has 0 bridgehead atoms. The number of carbonyl (C=O) groups is 1. The molecule has 2 aliphatic heterocycles. The third kappa shape index (κ3) is 2.89. The van der Waals surface area contributed by atoms with Gasteiger partial charge in [0.2, 0.25) is 5.76 Å². The molecule has 0 aromatic carbocycles. The second-order valence-corrected chi connectivity index (χ2v) is 4.16. The smallest absolute Gasteiger partial charge is 0.292 e. The van der Waals surface area contributed by atoms with Crippen molar-refractivity contribution in [3.8, 4) is 0 Å². The first-order valence-corrected chi connectivity index (χ1v) is 5.71. The van der Waals surface area contributed by atoms with Gasteiger partial charge in [-0.15, -0.1) is 0 Å². The van der Waals surface area contributed by atoms with Crippen molar-refractivity contribution in [3.63, 3.8) is 0 Å². The summed E-state index contributed by atoms with van der Waals surface area (Å²) in [5, 5.41) is 9.09. The van der Waals surface area contributed by atoms with Gasteiger partial charge in [-0.1, -0.05) is 0 Å². The maximum atomic E-state index is 12.1. The second kappa shape index (κ2) is 5.37. The van der Waals surface area contributed by atoms with Gasteiger partial charge in [0, 0.05) is 13.1 Å². The summed E-state index contributed by atoms with van der Waals surface area (Å²) in [5.41, 5.74) is 0. The molecule has 2 aliphatic rings. The van der Waals surface area contributed by atoms with Crippen LogP contribution in [0.3, 0.4) is 0 Å². The third-order valence-corrected chi connectivity index (χ3v) is 2.68. The van der Waals surface area contributed by atoms with Gasteiger partial charge in [0.25, 0.3) is 5.91 Å². The number of hydrogen-bond donors (Lipinski definition) is 1. The number of morpholine rings is 1. The van der Waals surface area contributed by atoms with Gasteiger partial charge < -0.3 is 24.2 Å². The first kappa shape index (κ1) is 12.2. The molecule has 1 fully saturated rings. The summed E-state index contributed by atoms with van der Waals surface area (Å²) in [7, 11) is 0. The van der Waals surface area contributed by atoms with Crippen molar-refractivity contribution in [1.82, 2.24) is 4.90 Å². The van der Waals surface area contributed by atoms with Gasteiger partial charge in [-0.2, -0.15) is 0 Å². The van der Waals surface area contributed by atoms with E-state index < -0.39 is 0 Å². The fourth-order valence-electron chi connectivity index (χ4n) is 1.95. The summed E-state index contributed by atoms with van der Waals surface area (Å²) in [6.45, 7) is 3.51. The quantitative estimate of drug-likeness (QED) is 0.707. The van der Waals surface area contributed by atoms with Crippen molar-refractivity contribution in [3.05, 3.63) is 12.0 Å². The SMILES string of the molecule is CC1CN(C(=O)C2=COCCO2)CC(CO)O1. The number of rotatable bonds is 2. The monoisotopic (exact) mass is 243 g/mol. The van der Waals surface area contributed by atoms with E-state index in [9.17, 15) is 4.79 Å². The molecule has 1 N–H and O–H groups in total. The Morgan fingerprint density at radius 1 is 1.53 bits per heavy atom. The molecule has 2 unspecified atom stereocenters. The highest BCUT2D eigenvalue weighted by Gasteiger charge is 2.30. The molecule has 6 nitrogen and oxygen atoms in total. The zero-order valence-electron chi connectivity index (χ0n) is 9.80. The summed E-state index contributed by atoms with van der Waals surface area (Å²) in [4.78, 5) is 13.7. The van der Waals surface area contributed by atoms with Crippen LogP contribution in [-0.2, 0) is 19.0 Å². The van der Waals surface area contributed by atoms with Crippen molar-refractivity contribution in [1.29, 1.82) is 0 Å². The normalized spacial score (nSPS) is 29.1. The van der Waals surface area contributed by atoms with E-state index in [1.165, 1.54) is 6.26 Å². The number of carbonyl (C=O) groups excluding carboxylic acids is 1. The van der Waals surface area contributed by atoms with E-state index in [0.29, 0.717) is 26.3 Å². The van der Waals surface area contributed by atoms with Crippen LogP contribution in [0.25, 0.3) is 0 Å². The molecule has 0 saturated carbocycles. The van der Waals surface area contributed by atoms with E-state index in [4.69, 9.17) is 19.3 Å². The third-order valence-electron chi connectivity index (χ3n) is 2.68. The molecule has 0 aromatic heterocycles. The Labute approximate surface area is 99.7 Å². The average molecular weight is 243 g/mol. The largest absolute Gasteiger partial charge is 0.494 e. The van der Waals surface area contributed by atoms with Gasteiger partial charge in [-0.3, -0.25) is 4.79 Å². The van der Waals surface area contributed by atoms with Crippen LogP contribution in [0.15, 0.2) is 12.0 Å². The molecule has 1 amide bonds. The van der Waals surface area contributed by atoms with Crippen LogP contribution in [0, 0.1) is 0 Å². The molecular formula is C11H17NO5. The van der Waals surface area contributed by atoms with Crippen LogP contribution in [0.1, 0.15) is 6.92 Å². The average Bonchev–Trinajstić information content (AvgIpc) is 2.38. The van der Waals surface area contributed by atoms with E-state index >= 15 is 0 Å². The van der Waals surface area contributed by atoms with Gasteiger partial charge in [0.15, 0.2) is 0 Å². The lowest BCUT2D eigenvalue weighted by Crippen LogP contribution is -2.51. The zero-order chi connectivity index (χ0) is 12.3. The highest BCUT2D eigenvalue weighted by molar-refractivity contribution is 5.91. The van der Waals surface area contributed by atoms with Gasteiger partial charge in [0.1, 0.15) is 19.5 Å². The van der Waals surface area contributed by atoms with Crippen LogP contribution in [0.2, 0.25) is 0 Å². The summed E-state index contributed by atoms with van der Waals surface area (Å²) in [6.07, 6.45) is 0.933. The Morgan fingerprint density at radius 2 is 2.35 bits per heavy atom. The molecule has 1 saturated heterocycles. The number of ether oxygens (including phenoxy) is 3. The first-order chi connectivity index (χ1) is 8.20. The van der Waals surface area contributed by atoms with E-state index in [1.54, 1.807) is 4.90 Å². The Hall–Kier alpha value is -1.27. The number of nitrogens with zero attached hydrogens (tertiary/aromatic N) is 1. The molecule has 17 heavy (non-hydrogen) atoms. The zero-order valence-corrected chi connectivity index (χ0v) is 9.80. The Kier molecular flexibility index (Phi) is 3.86. The van der Waals surface area contributed by atoms with E-state index in [2.05, 4.69) is 0 Å². The highest BCUT2D eigenvalue weighted by atomic mass is 16.6. The maximum absolute atomic E-state index is 12.1. The predicted octanol–water partition coefficient (Wildman–Crippen LogP) is -0.517. The molecule has 0 spiro atoms. The maximum Gasteiger partial charge on any atom is 0.292 e. The minimum Gasteiger partial charge on any atom is -0.494 e. The van der Waals surface area contributed by atoms with Crippen molar-refractivity contribution in [2.75, 3.05) is 32.9 Å². The summed E-state index contributed by atoms with van der Waals surface area (Å²) >= 11 is 0.